The van der Waals surface area contributed by atoms with Gasteiger partial charge in [0.25, 0.3) is 0 Å². The molecule has 1 aromatic carbocycles. The first kappa shape index (κ1) is 14.3. The van der Waals surface area contributed by atoms with E-state index in [1.165, 1.54) is 0 Å². The standard InChI is InChI=1S/C13H17ClN4/c1-5-17(3)18(4)16-10-13(15-2)11-6-8-12(14)9-7-11/h5-10H,1H2,2-4H3/b15-13?,16-10-. The fraction of sp³-hybridized carbons (Fsp3) is 0.231. The number of hydrogen-bond donors (Lipinski definition) is 0. The van der Waals surface area contributed by atoms with Gasteiger partial charge in [-0.1, -0.05) is 30.3 Å². The molecule has 4 nitrogen and oxygen atoms in total. The minimum atomic E-state index is 0.703. The Bertz CT molecular complexity index is 451. The SMILES string of the molecule is C=CN(C)N(C)/N=C\C(=NC)c1ccc(Cl)cc1. The average molecular weight is 265 g/mol. The zero-order chi connectivity index (χ0) is 13.5. The first-order valence-electron chi connectivity index (χ1n) is 5.44. The van der Waals surface area contributed by atoms with Gasteiger partial charge in [-0.15, -0.1) is 0 Å². The van der Waals surface area contributed by atoms with Gasteiger partial charge >= 0.3 is 0 Å². The van der Waals surface area contributed by atoms with E-state index in [-0.39, 0.29) is 0 Å². The van der Waals surface area contributed by atoms with Gasteiger partial charge in [0.05, 0.1) is 11.9 Å². The second-order valence-corrected chi connectivity index (χ2v) is 4.04. The maximum absolute atomic E-state index is 5.85. The molecule has 0 spiro atoms. The number of hydrazine groups is 1. The van der Waals surface area contributed by atoms with E-state index in [9.17, 15) is 0 Å². The van der Waals surface area contributed by atoms with Crippen LogP contribution in [0.3, 0.4) is 0 Å². The van der Waals surface area contributed by atoms with Crippen molar-refractivity contribution in [2.24, 2.45) is 10.1 Å². The van der Waals surface area contributed by atoms with E-state index in [1.807, 2.05) is 38.4 Å². The van der Waals surface area contributed by atoms with Gasteiger partial charge in [0.2, 0.25) is 0 Å². The summed E-state index contributed by atoms with van der Waals surface area (Å²) in [5.41, 5.74) is 1.76. The molecule has 0 amide bonds. The minimum absolute atomic E-state index is 0.703. The summed E-state index contributed by atoms with van der Waals surface area (Å²) in [6.07, 6.45) is 3.37. The third-order valence-electron chi connectivity index (χ3n) is 2.45. The van der Waals surface area contributed by atoms with Crippen molar-refractivity contribution in [1.82, 2.24) is 10.1 Å². The number of nitrogens with zero attached hydrogens (tertiary/aromatic N) is 4. The highest BCUT2D eigenvalue weighted by atomic mass is 35.5. The van der Waals surface area contributed by atoms with E-state index in [0.29, 0.717) is 5.02 Å². The quantitative estimate of drug-likeness (QED) is 0.605. The van der Waals surface area contributed by atoms with Crippen molar-refractivity contribution in [1.29, 1.82) is 0 Å². The van der Waals surface area contributed by atoms with Crippen molar-refractivity contribution in [2.75, 3.05) is 21.1 Å². The predicted molar refractivity (Wildman–Crippen MR) is 78.1 cm³/mol. The maximum atomic E-state index is 5.85. The molecule has 0 saturated carbocycles. The first-order valence-corrected chi connectivity index (χ1v) is 5.82. The second kappa shape index (κ2) is 6.81. The fourth-order valence-corrected chi connectivity index (χ4v) is 1.35. The number of hydrogen-bond acceptors (Lipinski definition) is 4. The third kappa shape index (κ3) is 3.89. The second-order valence-electron chi connectivity index (χ2n) is 3.61. The third-order valence-corrected chi connectivity index (χ3v) is 2.70. The van der Waals surface area contributed by atoms with Gasteiger partial charge in [-0.05, 0) is 12.1 Å². The molecule has 0 radical (unpaired) electrons. The van der Waals surface area contributed by atoms with Crippen molar-refractivity contribution in [3.05, 3.63) is 47.6 Å². The molecule has 0 saturated heterocycles. The molecule has 1 aromatic rings. The Labute approximate surface area is 113 Å². The molecule has 0 unspecified atom stereocenters. The number of rotatable bonds is 5. The fourth-order valence-electron chi connectivity index (χ4n) is 1.22. The largest absolute Gasteiger partial charge is 0.286 e. The smallest absolute Gasteiger partial charge is 0.0844 e. The Kier molecular flexibility index (Phi) is 5.39. The van der Waals surface area contributed by atoms with Gasteiger partial charge in [-0.3, -0.25) is 10.0 Å². The Morgan fingerprint density at radius 3 is 2.39 bits per heavy atom. The zero-order valence-corrected chi connectivity index (χ0v) is 11.6. The van der Waals surface area contributed by atoms with Gasteiger partial charge in [-0.2, -0.15) is 5.10 Å². The van der Waals surface area contributed by atoms with Crippen LogP contribution in [-0.2, 0) is 0 Å². The van der Waals surface area contributed by atoms with Crippen LogP contribution >= 0.6 is 11.6 Å². The first-order chi connectivity index (χ1) is 8.58. The van der Waals surface area contributed by atoms with Crippen LogP contribution in [0.5, 0.6) is 0 Å². The van der Waals surface area contributed by atoms with Crippen molar-refractivity contribution in [2.45, 2.75) is 0 Å². The lowest BCUT2D eigenvalue weighted by Crippen LogP contribution is -2.27. The molecule has 0 N–H and O–H groups in total. The summed E-state index contributed by atoms with van der Waals surface area (Å²) in [4.78, 5) is 4.20. The molecular weight excluding hydrogens is 248 g/mol. The van der Waals surface area contributed by atoms with Crippen molar-refractivity contribution >= 4 is 23.5 Å². The Hall–Kier alpha value is -1.81. The van der Waals surface area contributed by atoms with E-state index in [1.54, 1.807) is 29.6 Å². The highest BCUT2D eigenvalue weighted by molar-refractivity contribution is 6.38. The van der Waals surface area contributed by atoms with Gasteiger partial charge in [0.15, 0.2) is 0 Å². The number of halogens is 1. The summed E-state index contributed by atoms with van der Waals surface area (Å²) in [5.74, 6) is 0. The van der Waals surface area contributed by atoms with Crippen molar-refractivity contribution in [3.8, 4) is 0 Å². The van der Waals surface area contributed by atoms with E-state index in [0.717, 1.165) is 11.3 Å². The number of benzene rings is 1. The molecule has 0 aliphatic rings. The van der Waals surface area contributed by atoms with Crippen LogP contribution in [0, 0.1) is 0 Å². The highest BCUT2D eigenvalue weighted by Gasteiger charge is 2.01. The van der Waals surface area contributed by atoms with Crippen LogP contribution in [0.4, 0.5) is 0 Å². The van der Waals surface area contributed by atoms with Crippen LogP contribution < -0.4 is 0 Å². The zero-order valence-electron chi connectivity index (χ0n) is 10.8. The molecule has 5 heteroatoms. The molecule has 96 valence electrons. The summed E-state index contributed by atoms with van der Waals surface area (Å²) in [6.45, 7) is 3.66. The summed E-state index contributed by atoms with van der Waals surface area (Å²) in [5, 5.41) is 8.38. The van der Waals surface area contributed by atoms with Gasteiger partial charge in [0, 0.05) is 37.9 Å². The molecule has 0 aliphatic heterocycles. The van der Waals surface area contributed by atoms with Crippen molar-refractivity contribution < 1.29 is 0 Å². The lowest BCUT2D eigenvalue weighted by molar-refractivity contribution is 0.0866. The van der Waals surface area contributed by atoms with E-state index in [2.05, 4.69) is 16.7 Å². The van der Waals surface area contributed by atoms with Crippen LogP contribution in [0.25, 0.3) is 0 Å². The lowest BCUT2D eigenvalue weighted by Gasteiger charge is -2.22. The topological polar surface area (TPSA) is 31.2 Å². The summed E-state index contributed by atoms with van der Waals surface area (Å²) in [7, 11) is 5.41. The monoisotopic (exact) mass is 264 g/mol. The normalized spacial score (nSPS) is 11.7. The Balaban J connectivity index is 2.83. The molecule has 0 heterocycles. The predicted octanol–water partition coefficient (Wildman–Crippen LogP) is 2.67. The number of aliphatic imine (C=N–C) groups is 1. The molecule has 1 rings (SSSR count). The highest BCUT2D eigenvalue weighted by Crippen LogP contribution is 2.10. The molecule has 18 heavy (non-hydrogen) atoms. The average Bonchev–Trinajstić information content (AvgIpc) is 2.40. The van der Waals surface area contributed by atoms with E-state index < -0.39 is 0 Å². The molecule has 0 atom stereocenters. The van der Waals surface area contributed by atoms with Crippen LogP contribution in [0.1, 0.15) is 5.56 Å². The molecule has 0 bridgehead atoms. The van der Waals surface area contributed by atoms with Crippen LogP contribution in [-0.4, -0.2) is 43.2 Å². The summed E-state index contributed by atoms with van der Waals surface area (Å²) >= 11 is 5.85. The van der Waals surface area contributed by atoms with Gasteiger partial charge in [-0.25, -0.2) is 5.12 Å². The summed E-state index contributed by atoms with van der Waals surface area (Å²) < 4.78 is 0. The van der Waals surface area contributed by atoms with E-state index in [4.69, 9.17) is 11.6 Å². The van der Waals surface area contributed by atoms with Gasteiger partial charge in [0.1, 0.15) is 0 Å². The molecule has 0 aromatic heterocycles. The Morgan fingerprint density at radius 2 is 1.89 bits per heavy atom. The lowest BCUT2D eigenvalue weighted by atomic mass is 10.1. The van der Waals surface area contributed by atoms with E-state index >= 15 is 0 Å². The Morgan fingerprint density at radius 1 is 1.28 bits per heavy atom. The van der Waals surface area contributed by atoms with Crippen molar-refractivity contribution in [3.63, 3.8) is 0 Å². The van der Waals surface area contributed by atoms with Crippen LogP contribution in [0.15, 0.2) is 47.1 Å². The number of hydrazone groups is 1. The molecular formula is C13H17ClN4. The molecule has 0 fully saturated rings. The molecule has 0 aliphatic carbocycles. The summed E-state index contributed by atoms with van der Waals surface area (Å²) in [6, 6.07) is 7.48. The van der Waals surface area contributed by atoms with Crippen LogP contribution in [0.2, 0.25) is 5.02 Å². The minimum Gasteiger partial charge on any atom is -0.286 e. The van der Waals surface area contributed by atoms with Gasteiger partial charge < -0.3 is 0 Å². The maximum Gasteiger partial charge on any atom is 0.0844 e.